The van der Waals surface area contributed by atoms with E-state index in [4.69, 9.17) is 4.74 Å². The van der Waals surface area contributed by atoms with Gasteiger partial charge in [-0.15, -0.1) is 0 Å². The van der Waals surface area contributed by atoms with Crippen LogP contribution in [-0.4, -0.2) is 55.1 Å². The summed E-state index contributed by atoms with van der Waals surface area (Å²) < 4.78 is 45.5. The van der Waals surface area contributed by atoms with Crippen LogP contribution in [0.15, 0.2) is 103 Å². The minimum absolute atomic E-state index is 0.0382. The number of hydrogen-bond acceptors (Lipinski definition) is 4. The molecule has 6 nitrogen and oxygen atoms in total. The molecule has 0 aromatic heterocycles. The van der Waals surface area contributed by atoms with E-state index in [9.17, 15) is 22.8 Å². The van der Waals surface area contributed by atoms with Gasteiger partial charge in [0.2, 0.25) is 11.8 Å². The number of piperidine rings is 1. The van der Waals surface area contributed by atoms with Crippen molar-refractivity contribution >= 4 is 11.8 Å². The number of alkyl halides is 3. The Labute approximate surface area is 279 Å². The number of hydrogen-bond donors (Lipinski definition) is 2. The summed E-state index contributed by atoms with van der Waals surface area (Å²) in [4.78, 5) is 29.1. The number of amides is 2. The third-order valence-electron chi connectivity index (χ3n) is 9.42. The van der Waals surface area contributed by atoms with Crippen LogP contribution in [-0.2, 0) is 21.4 Å². The van der Waals surface area contributed by atoms with Gasteiger partial charge in [0.05, 0.1) is 6.42 Å². The summed E-state index contributed by atoms with van der Waals surface area (Å²) >= 11 is 0. The van der Waals surface area contributed by atoms with Gasteiger partial charge in [0.1, 0.15) is 23.5 Å². The second-order valence-electron chi connectivity index (χ2n) is 12.6. The van der Waals surface area contributed by atoms with E-state index in [-0.39, 0.29) is 18.4 Å². The molecule has 1 saturated heterocycles. The number of para-hydroxylation sites is 2. The molecule has 4 aromatic rings. The third kappa shape index (κ3) is 7.57. The van der Waals surface area contributed by atoms with E-state index in [0.29, 0.717) is 18.6 Å². The fourth-order valence-electron chi connectivity index (χ4n) is 7.13. The lowest BCUT2D eigenvalue weighted by Gasteiger charge is -2.33. The first kappa shape index (κ1) is 33.3. The molecular weight excluding hydrogens is 615 g/mol. The Hall–Kier alpha value is -4.63. The van der Waals surface area contributed by atoms with E-state index in [1.165, 1.54) is 0 Å². The predicted molar refractivity (Wildman–Crippen MR) is 180 cm³/mol. The number of fused-ring (bicyclic) bond motifs is 3. The standard InChI is InChI=1S/C39H40F3N3O3/c40-39(41,42)27-43-37(47)38(33-17-7-5-15-31(33)32-16-6-8-18-34(32)38)22-10-11-23-45-24-20-29(21-25-45)44-36(46)26-28-12-4-9-19-35(28)48-30-13-2-1-3-14-30/h1-9,12-19,29H,10-11,20-27H2,(H,43,47)(H,44,46). The summed E-state index contributed by atoms with van der Waals surface area (Å²) in [6, 6.07) is 32.2. The molecule has 1 aliphatic heterocycles. The maximum absolute atomic E-state index is 13.7. The van der Waals surface area contributed by atoms with Crippen LogP contribution < -0.4 is 15.4 Å². The fourth-order valence-corrected chi connectivity index (χ4v) is 7.13. The lowest BCUT2D eigenvalue weighted by Crippen LogP contribution is -2.47. The first-order valence-electron chi connectivity index (χ1n) is 16.6. The molecule has 1 heterocycles. The van der Waals surface area contributed by atoms with Gasteiger partial charge in [0.25, 0.3) is 0 Å². The zero-order valence-corrected chi connectivity index (χ0v) is 26.8. The van der Waals surface area contributed by atoms with Gasteiger partial charge in [0, 0.05) is 24.7 Å². The highest BCUT2D eigenvalue weighted by Gasteiger charge is 2.49. The van der Waals surface area contributed by atoms with Gasteiger partial charge in [-0.25, -0.2) is 0 Å². The summed E-state index contributed by atoms with van der Waals surface area (Å²) in [5, 5.41) is 5.41. The molecule has 2 amide bonds. The highest BCUT2D eigenvalue weighted by Crippen LogP contribution is 2.51. The molecule has 0 atom stereocenters. The Balaban J connectivity index is 1.02. The molecule has 2 aliphatic rings. The molecular formula is C39H40F3N3O3. The molecule has 2 N–H and O–H groups in total. The summed E-state index contributed by atoms with van der Waals surface area (Å²) in [6.07, 6.45) is -0.726. The van der Waals surface area contributed by atoms with Gasteiger partial charge in [-0.05, 0) is 72.7 Å². The molecule has 250 valence electrons. The number of ether oxygens (including phenoxy) is 1. The van der Waals surface area contributed by atoms with Crippen molar-refractivity contribution in [2.24, 2.45) is 0 Å². The summed E-state index contributed by atoms with van der Waals surface area (Å²) in [7, 11) is 0. The normalized spacial score (nSPS) is 15.7. The summed E-state index contributed by atoms with van der Waals surface area (Å²) in [6.45, 7) is 1.12. The molecule has 48 heavy (non-hydrogen) atoms. The van der Waals surface area contributed by atoms with E-state index < -0.39 is 24.0 Å². The van der Waals surface area contributed by atoms with E-state index in [0.717, 1.165) is 72.5 Å². The largest absolute Gasteiger partial charge is 0.457 e. The number of nitrogens with zero attached hydrogens (tertiary/aromatic N) is 1. The molecule has 4 aromatic carbocycles. The van der Waals surface area contributed by atoms with Gasteiger partial charge in [0.15, 0.2) is 0 Å². The van der Waals surface area contributed by atoms with Crippen molar-refractivity contribution in [3.05, 3.63) is 120 Å². The lowest BCUT2D eigenvalue weighted by molar-refractivity contribution is -0.141. The Morgan fingerprint density at radius 2 is 1.40 bits per heavy atom. The van der Waals surface area contributed by atoms with Crippen LogP contribution in [0.5, 0.6) is 11.5 Å². The number of carbonyl (C=O) groups is 2. The molecule has 0 saturated carbocycles. The molecule has 1 aliphatic carbocycles. The third-order valence-corrected chi connectivity index (χ3v) is 9.42. The second-order valence-corrected chi connectivity index (χ2v) is 12.6. The fraction of sp³-hybridized carbons (Fsp3) is 0.333. The van der Waals surface area contributed by atoms with Crippen LogP contribution in [0.25, 0.3) is 11.1 Å². The molecule has 9 heteroatoms. The van der Waals surface area contributed by atoms with Crippen molar-refractivity contribution in [3.63, 3.8) is 0 Å². The molecule has 0 bridgehead atoms. The van der Waals surface area contributed by atoms with Crippen molar-refractivity contribution in [3.8, 4) is 22.6 Å². The van der Waals surface area contributed by atoms with E-state index in [1.54, 1.807) is 0 Å². The number of rotatable bonds is 12. The number of halogens is 3. The number of likely N-dealkylation sites (tertiary alicyclic amines) is 1. The number of carbonyl (C=O) groups excluding carboxylic acids is 2. The predicted octanol–water partition coefficient (Wildman–Crippen LogP) is 7.42. The van der Waals surface area contributed by atoms with Crippen LogP contribution in [0.1, 0.15) is 48.8 Å². The SMILES string of the molecule is O=C(Cc1ccccc1Oc1ccccc1)NC1CCN(CCCCC2(C(=O)NCC(F)(F)F)c3ccccc3-c3ccccc32)CC1. The Morgan fingerprint density at radius 1 is 0.792 bits per heavy atom. The van der Waals surface area contributed by atoms with Crippen molar-refractivity contribution in [2.75, 3.05) is 26.2 Å². The van der Waals surface area contributed by atoms with Crippen molar-refractivity contribution in [2.45, 2.75) is 56.2 Å². The average molecular weight is 656 g/mol. The van der Waals surface area contributed by atoms with Gasteiger partial charge in [-0.3, -0.25) is 9.59 Å². The Kier molecular flexibility index (Phi) is 10.2. The van der Waals surface area contributed by atoms with E-state index in [1.807, 2.05) is 103 Å². The highest BCUT2D eigenvalue weighted by molar-refractivity contribution is 6.00. The Bertz CT molecular complexity index is 1670. The maximum Gasteiger partial charge on any atom is 0.405 e. The Morgan fingerprint density at radius 3 is 2.06 bits per heavy atom. The van der Waals surface area contributed by atoms with Gasteiger partial charge < -0.3 is 20.3 Å². The van der Waals surface area contributed by atoms with Gasteiger partial charge in [-0.1, -0.05) is 91.3 Å². The number of unbranched alkanes of at least 4 members (excludes halogenated alkanes) is 1. The van der Waals surface area contributed by atoms with Crippen LogP contribution in [0, 0.1) is 0 Å². The quantitative estimate of drug-likeness (QED) is 0.156. The zero-order valence-electron chi connectivity index (χ0n) is 26.8. The van der Waals surface area contributed by atoms with Crippen molar-refractivity contribution in [1.82, 2.24) is 15.5 Å². The zero-order chi connectivity index (χ0) is 33.6. The van der Waals surface area contributed by atoms with Crippen molar-refractivity contribution < 1.29 is 27.5 Å². The van der Waals surface area contributed by atoms with Crippen LogP contribution in [0.3, 0.4) is 0 Å². The van der Waals surface area contributed by atoms with Crippen LogP contribution in [0.4, 0.5) is 13.2 Å². The minimum atomic E-state index is -4.50. The molecule has 0 spiro atoms. The van der Waals surface area contributed by atoms with E-state index >= 15 is 0 Å². The summed E-state index contributed by atoms with van der Waals surface area (Å²) in [5.41, 5.74) is 2.96. The second kappa shape index (κ2) is 14.6. The lowest BCUT2D eigenvalue weighted by atomic mass is 9.73. The maximum atomic E-state index is 13.7. The highest BCUT2D eigenvalue weighted by atomic mass is 19.4. The monoisotopic (exact) mass is 655 g/mol. The van der Waals surface area contributed by atoms with Crippen LogP contribution in [0.2, 0.25) is 0 Å². The first-order chi connectivity index (χ1) is 23.2. The first-order valence-corrected chi connectivity index (χ1v) is 16.6. The molecule has 6 rings (SSSR count). The van der Waals surface area contributed by atoms with Crippen LogP contribution >= 0.6 is 0 Å². The number of benzene rings is 4. The smallest absolute Gasteiger partial charge is 0.405 e. The van der Waals surface area contributed by atoms with Gasteiger partial charge >= 0.3 is 6.18 Å². The molecule has 0 radical (unpaired) electrons. The molecule has 1 fully saturated rings. The average Bonchev–Trinajstić information content (AvgIpc) is 3.38. The minimum Gasteiger partial charge on any atom is -0.457 e. The van der Waals surface area contributed by atoms with Crippen molar-refractivity contribution in [1.29, 1.82) is 0 Å². The molecule has 0 unspecified atom stereocenters. The number of nitrogens with one attached hydrogen (secondary N) is 2. The van der Waals surface area contributed by atoms with Gasteiger partial charge in [-0.2, -0.15) is 13.2 Å². The van der Waals surface area contributed by atoms with E-state index in [2.05, 4.69) is 15.5 Å². The topological polar surface area (TPSA) is 70.7 Å². The summed E-state index contributed by atoms with van der Waals surface area (Å²) in [5.74, 6) is 0.736.